The molecule has 0 radical (unpaired) electrons. The standard InChI is InChI=1S/C40H76N4O3/c1-29(35-15-16-36-33-14-13-32-12-6-7-18-39(32,4)37(33)17-19-40(35,36)5)26-38(34(27-45)30(2)28-47-31(3)46)44-25-11-24-43-22-9-8-21-42-23-10-20-41/h29-30,32-38,42-45H,6-28,41H2,1-5H3/t29-,30?,32?,33+,34+,35-,36+,37+,38?,39+,40-/m1/s1. The van der Waals surface area contributed by atoms with Crippen molar-refractivity contribution in [3.63, 3.8) is 0 Å². The average molecular weight is 661 g/mol. The lowest BCUT2D eigenvalue weighted by atomic mass is 9.44. The Hall–Kier alpha value is -0.730. The van der Waals surface area contributed by atoms with Crippen LogP contribution in [0.2, 0.25) is 0 Å². The summed E-state index contributed by atoms with van der Waals surface area (Å²) in [5, 5.41) is 21.7. The van der Waals surface area contributed by atoms with Gasteiger partial charge in [0.05, 0.1) is 6.61 Å². The first-order chi connectivity index (χ1) is 22.7. The van der Waals surface area contributed by atoms with Gasteiger partial charge in [0.15, 0.2) is 0 Å². The van der Waals surface area contributed by atoms with Crippen LogP contribution in [-0.2, 0) is 9.53 Å². The van der Waals surface area contributed by atoms with Crippen LogP contribution in [0.3, 0.4) is 0 Å². The van der Waals surface area contributed by atoms with Gasteiger partial charge in [0.2, 0.25) is 0 Å². The van der Waals surface area contributed by atoms with Crippen molar-refractivity contribution in [2.24, 2.45) is 63.9 Å². The maximum atomic E-state index is 11.6. The average Bonchev–Trinajstić information content (AvgIpc) is 3.41. The van der Waals surface area contributed by atoms with E-state index < -0.39 is 0 Å². The maximum Gasteiger partial charge on any atom is 0.302 e. The number of hydrogen-bond acceptors (Lipinski definition) is 7. The van der Waals surface area contributed by atoms with E-state index >= 15 is 0 Å². The predicted molar refractivity (Wildman–Crippen MR) is 195 cm³/mol. The van der Waals surface area contributed by atoms with Gasteiger partial charge in [0.25, 0.3) is 0 Å². The topological polar surface area (TPSA) is 109 Å². The van der Waals surface area contributed by atoms with Crippen molar-refractivity contribution in [3.8, 4) is 0 Å². The van der Waals surface area contributed by atoms with E-state index in [1.807, 2.05) is 0 Å². The molecule has 0 aromatic carbocycles. The SMILES string of the molecule is CC(=O)OCC(C)[C@H](CO)C(C[C@@H](C)[C@H]1CC[C@H]2[C@@H]3CCC4CCCC[C@]4(C)[C@H]3CC[C@]12C)NCCCNCCCCNCCCN. The van der Waals surface area contributed by atoms with Crippen LogP contribution in [0.5, 0.6) is 0 Å². The third-order valence-corrected chi connectivity index (χ3v) is 14.4. The van der Waals surface area contributed by atoms with Gasteiger partial charge in [-0.2, -0.15) is 0 Å². The number of carbonyl (C=O) groups is 1. The predicted octanol–water partition coefficient (Wildman–Crippen LogP) is 6.53. The fourth-order valence-corrected chi connectivity index (χ4v) is 11.8. The number of rotatable bonds is 21. The molecule has 7 nitrogen and oxygen atoms in total. The number of fused-ring (bicyclic) bond motifs is 5. The molecule has 0 aromatic rings. The minimum Gasteiger partial charge on any atom is -0.466 e. The molecule has 3 unspecified atom stereocenters. The van der Waals surface area contributed by atoms with Crippen LogP contribution in [-0.4, -0.2) is 69.6 Å². The van der Waals surface area contributed by atoms with Crippen LogP contribution in [0.4, 0.5) is 0 Å². The summed E-state index contributed by atoms with van der Waals surface area (Å²) >= 11 is 0. The van der Waals surface area contributed by atoms with E-state index in [2.05, 4.69) is 43.6 Å². The summed E-state index contributed by atoms with van der Waals surface area (Å²) in [6.07, 6.45) is 20.1. The Balaban J connectivity index is 1.32. The largest absolute Gasteiger partial charge is 0.466 e. The third kappa shape index (κ3) is 9.96. The molecule has 0 aromatic heterocycles. The summed E-state index contributed by atoms with van der Waals surface area (Å²) in [6.45, 7) is 17.9. The minimum absolute atomic E-state index is 0.0683. The van der Waals surface area contributed by atoms with Crippen molar-refractivity contribution in [2.45, 2.75) is 137 Å². The molecule has 0 saturated heterocycles. The molecule has 274 valence electrons. The zero-order chi connectivity index (χ0) is 33.9. The van der Waals surface area contributed by atoms with Gasteiger partial charge in [-0.05, 0) is 175 Å². The van der Waals surface area contributed by atoms with Gasteiger partial charge < -0.3 is 31.5 Å². The first-order valence-corrected chi connectivity index (χ1v) is 20.2. The molecule has 47 heavy (non-hydrogen) atoms. The Labute approximate surface area is 289 Å². The van der Waals surface area contributed by atoms with Crippen molar-refractivity contribution in [1.29, 1.82) is 0 Å². The molecule has 11 atom stereocenters. The van der Waals surface area contributed by atoms with E-state index in [1.54, 1.807) is 0 Å². The molecule has 0 amide bonds. The Morgan fingerprint density at radius 2 is 1.55 bits per heavy atom. The first kappa shape index (κ1) is 39.1. The molecule has 0 spiro atoms. The molecule has 4 aliphatic carbocycles. The third-order valence-electron chi connectivity index (χ3n) is 14.4. The second-order valence-corrected chi connectivity index (χ2v) is 17.2. The highest BCUT2D eigenvalue weighted by Crippen LogP contribution is 2.68. The van der Waals surface area contributed by atoms with Gasteiger partial charge in [-0.15, -0.1) is 0 Å². The van der Waals surface area contributed by atoms with E-state index in [4.69, 9.17) is 10.5 Å². The van der Waals surface area contributed by atoms with E-state index in [0.29, 0.717) is 23.4 Å². The summed E-state index contributed by atoms with van der Waals surface area (Å²) in [6, 6.07) is 0.218. The fraction of sp³-hybridized carbons (Fsp3) is 0.975. The van der Waals surface area contributed by atoms with Gasteiger partial charge in [-0.3, -0.25) is 4.79 Å². The highest BCUT2D eigenvalue weighted by atomic mass is 16.5. The van der Waals surface area contributed by atoms with Gasteiger partial charge in [-0.25, -0.2) is 0 Å². The van der Waals surface area contributed by atoms with Crippen LogP contribution in [0.15, 0.2) is 0 Å². The van der Waals surface area contributed by atoms with E-state index in [1.165, 1.54) is 84.0 Å². The second-order valence-electron chi connectivity index (χ2n) is 17.2. The molecule has 0 bridgehead atoms. The number of unbranched alkanes of at least 4 members (excludes halogenated alkanes) is 1. The highest BCUT2D eigenvalue weighted by molar-refractivity contribution is 5.65. The summed E-state index contributed by atoms with van der Waals surface area (Å²) in [5.41, 5.74) is 6.62. The Morgan fingerprint density at radius 3 is 2.26 bits per heavy atom. The van der Waals surface area contributed by atoms with Crippen LogP contribution < -0.4 is 21.7 Å². The number of nitrogens with two attached hydrogens (primary N) is 1. The molecule has 0 heterocycles. The molecule has 0 aliphatic heterocycles. The van der Waals surface area contributed by atoms with E-state index in [0.717, 1.165) is 88.1 Å². The normalized spacial score (nSPS) is 34.5. The van der Waals surface area contributed by atoms with Gasteiger partial charge in [-0.1, -0.05) is 40.5 Å². The molecule has 4 fully saturated rings. The molecular formula is C40H76N4O3. The van der Waals surface area contributed by atoms with Crippen molar-refractivity contribution in [3.05, 3.63) is 0 Å². The van der Waals surface area contributed by atoms with E-state index in [9.17, 15) is 9.90 Å². The maximum absolute atomic E-state index is 11.6. The number of esters is 1. The molecule has 4 saturated carbocycles. The van der Waals surface area contributed by atoms with Crippen LogP contribution in [0.1, 0.15) is 131 Å². The monoisotopic (exact) mass is 661 g/mol. The number of aliphatic hydroxyl groups is 1. The molecule has 4 rings (SSSR count). The number of aliphatic hydroxyl groups excluding tert-OH is 1. The lowest BCUT2D eigenvalue weighted by Gasteiger charge is -2.61. The van der Waals surface area contributed by atoms with E-state index in [-0.39, 0.29) is 30.5 Å². The number of hydrogen-bond donors (Lipinski definition) is 5. The Kier molecular flexibility index (Phi) is 15.8. The summed E-state index contributed by atoms with van der Waals surface area (Å²) in [5.74, 6) is 5.07. The first-order valence-electron chi connectivity index (χ1n) is 20.2. The number of carbonyl (C=O) groups excluding carboxylic acids is 1. The van der Waals surface area contributed by atoms with Gasteiger partial charge >= 0.3 is 5.97 Å². The number of nitrogens with one attached hydrogen (secondary N) is 3. The smallest absolute Gasteiger partial charge is 0.302 e. The van der Waals surface area contributed by atoms with Crippen LogP contribution >= 0.6 is 0 Å². The Morgan fingerprint density at radius 1 is 0.851 bits per heavy atom. The quantitative estimate of drug-likeness (QED) is 0.0704. The van der Waals surface area contributed by atoms with Crippen LogP contribution in [0, 0.1) is 58.2 Å². The molecular weight excluding hydrogens is 584 g/mol. The summed E-state index contributed by atoms with van der Waals surface area (Å²) in [7, 11) is 0. The van der Waals surface area contributed by atoms with Crippen molar-refractivity contribution in [1.82, 2.24) is 16.0 Å². The molecule has 4 aliphatic rings. The minimum atomic E-state index is -0.236. The van der Waals surface area contributed by atoms with Gasteiger partial charge in [0, 0.05) is 25.5 Å². The second kappa shape index (κ2) is 19.0. The molecule has 7 heteroatoms. The Bertz CT molecular complexity index is 920. The molecule has 6 N–H and O–H groups in total. The summed E-state index contributed by atoms with van der Waals surface area (Å²) in [4.78, 5) is 11.6. The lowest BCUT2D eigenvalue weighted by Crippen LogP contribution is -2.53. The van der Waals surface area contributed by atoms with Gasteiger partial charge in [0.1, 0.15) is 0 Å². The summed E-state index contributed by atoms with van der Waals surface area (Å²) < 4.78 is 5.44. The lowest BCUT2D eigenvalue weighted by molar-refractivity contribution is -0.143. The highest BCUT2D eigenvalue weighted by Gasteiger charge is 2.60. The fourth-order valence-electron chi connectivity index (χ4n) is 11.8. The zero-order valence-electron chi connectivity index (χ0n) is 31.3. The zero-order valence-corrected chi connectivity index (χ0v) is 31.3. The van der Waals surface area contributed by atoms with Crippen molar-refractivity contribution < 1.29 is 14.6 Å². The number of ether oxygens (including phenoxy) is 1. The van der Waals surface area contributed by atoms with Crippen molar-refractivity contribution in [2.75, 3.05) is 52.5 Å². The van der Waals surface area contributed by atoms with Crippen molar-refractivity contribution >= 4 is 5.97 Å². The van der Waals surface area contributed by atoms with Crippen LogP contribution in [0.25, 0.3) is 0 Å².